The summed E-state index contributed by atoms with van der Waals surface area (Å²) < 4.78 is 37.2. The molecule has 2 aromatic rings. The number of hydrogen-bond acceptors (Lipinski definition) is 4. The summed E-state index contributed by atoms with van der Waals surface area (Å²) >= 11 is 0. The highest BCUT2D eigenvalue weighted by Crippen LogP contribution is 2.52. The van der Waals surface area contributed by atoms with E-state index in [-0.39, 0.29) is 18.7 Å². The molecule has 0 amide bonds. The van der Waals surface area contributed by atoms with Crippen molar-refractivity contribution >= 4 is 0 Å². The van der Waals surface area contributed by atoms with Crippen LogP contribution in [0.15, 0.2) is 81.1 Å². The Morgan fingerprint density at radius 3 is 1.46 bits per heavy atom. The number of rotatable bonds is 2. The van der Waals surface area contributed by atoms with E-state index in [0.29, 0.717) is 0 Å². The normalized spacial score (nSPS) is 18.0. The van der Waals surface area contributed by atoms with Crippen LogP contribution >= 0.6 is 0 Å². The molecule has 2 aliphatic rings. The van der Waals surface area contributed by atoms with Crippen molar-refractivity contribution in [2.75, 3.05) is 0 Å². The third kappa shape index (κ3) is 3.34. The fourth-order valence-electron chi connectivity index (χ4n) is 2.06. The Balaban J connectivity index is 0.000000172. The van der Waals surface area contributed by atoms with Gasteiger partial charge in [0.2, 0.25) is 5.66 Å². The van der Waals surface area contributed by atoms with Gasteiger partial charge in [0.05, 0.1) is 0 Å². The molecule has 0 saturated heterocycles. The van der Waals surface area contributed by atoms with Crippen LogP contribution in [-0.2, 0) is 11.3 Å². The van der Waals surface area contributed by atoms with Gasteiger partial charge in [0.1, 0.15) is 0 Å². The van der Waals surface area contributed by atoms with Crippen molar-refractivity contribution in [3.05, 3.63) is 71.8 Å². The Labute approximate surface area is 138 Å². The molecule has 0 aromatic heterocycles. The third-order valence-corrected chi connectivity index (χ3v) is 3.59. The molecule has 2 aromatic carbocycles. The summed E-state index contributed by atoms with van der Waals surface area (Å²) in [5, 5.41) is 14.0. The quantitative estimate of drug-likeness (QED) is 0.663. The minimum absolute atomic E-state index is 0. The van der Waals surface area contributed by atoms with Gasteiger partial charge in [-0.15, -0.1) is 10.2 Å². The molecule has 0 fully saturated rings. The van der Waals surface area contributed by atoms with Crippen LogP contribution in [-0.4, -0.2) is 6.18 Å². The van der Waals surface area contributed by atoms with Gasteiger partial charge < -0.3 is 0 Å². The summed E-state index contributed by atoms with van der Waals surface area (Å²) in [6.07, 6.45) is -4.42. The molecular weight excluding hydrogens is 317 g/mol. The molecular formula is C17H17F3N4. The highest BCUT2D eigenvalue weighted by molar-refractivity contribution is 5.29. The molecule has 2 aliphatic heterocycles. The van der Waals surface area contributed by atoms with Gasteiger partial charge in [-0.05, 0) is 6.92 Å². The Kier molecular flexibility index (Phi) is 4.55. The first-order valence-electron chi connectivity index (χ1n) is 6.93. The van der Waals surface area contributed by atoms with E-state index in [2.05, 4.69) is 20.5 Å². The minimum atomic E-state index is -4.42. The largest absolute Gasteiger partial charge is 0.442 e. The van der Waals surface area contributed by atoms with E-state index in [1.165, 1.54) is 29.8 Å². The average molecular weight is 334 g/mol. The average Bonchev–Trinajstić information content (AvgIpc) is 3.45. The molecule has 2 heterocycles. The number of nitrogens with zero attached hydrogens (tertiary/aromatic N) is 4. The summed E-state index contributed by atoms with van der Waals surface area (Å²) in [5.41, 5.74) is -1.23. The highest BCUT2D eigenvalue weighted by atomic mass is 19.4. The van der Waals surface area contributed by atoms with Crippen molar-refractivity contribution in [3.63, 3.8) is 0 Å². The maximum Gasteiger partial charge on any atom is 0.442 e. The molecule has 4 rings (SSSR count). The summed E-state index contributed by atoms with van der Waals surface area (Å²) in [6.45, 7) is 2.00. The SMILES string of the molecule is C.CC1(c2ccccc2)N=N1.FC(F)(F)C1(c2ccccc2)N=N1. The first-order valence-corrected chi connectivity index (χ1v) is 6.93. The summed E-state index contributed by atoms with van der Waals surface area (Å²) in [4.78, 5) is 0. The lowest BCUT2D eigenvalue weighted by Gasteiger charge is -2.13. The molecule has 126 valence electrons. The first-order chi connectivity index (χ1) is 10.9. The molecule has 0 unspecified atom stereocenters. The monoisotopic (exact) mass is 334 g/mol. The molecule has 24 heavy (non-hydrogen) atoms. The van der Waals surface area contributed by atoms with E-state index >= 15 is 0 Å². The molecule has 0 saturated carbocycles. The molecule has 0 aliphatic carbocycles. The van der Waals surface area contributed by atoms with Gasteiger partial charge in [-0.3, -0.25) is 0 Å². The van der Waals surface area contributed by atoms with E-state index < -0.39 is 11.8 Å². The van der Waals surface area contributed by atoms with Crippen molar-refractivity contribution in [3.8, 4) is 0 Å². The van der Waals surface area contributed by atoms with E-state index in [4.69, 9.17) is 0 Å². The van der Waals surface area contributed by atoms with Gasteiger partial charge in [-0.25, -0.2) is 0 Å². The van der Waals surface area contributed by atoms with E-state index in [1.54, 1.807) is 6.07 Å². The van der Waals surface area contributed by atoms with Crippen LogP contribution in [0.25, 0.3) is 0 Å². The van der Waals surface area contributed by atoms with Crippen molar-refractivity contribution in [2.24, 2.45) is 20.5 Å². The lowest BCUT2D eigenvalue weighted by Crippen LogP contribution is -2.29. The maximum absolute atomic E-state index is 12.4. The Morgan fingerprint density at radius 1 is 0.708 bits per heavy atom. The van der Waals surface area contributed by atoms with Gasteiger partial charge in [0.15, 0.2) is 0 Å². The third-order valence-electron chi connectivity index (χ3n) is 3.59. The zero-order valence-electron chi connectivity index (χ0n) is 12.2. The molecule has 4 nitrogen and oxygen atoms in total. The Morgan fingerprint density at radius 2 is 1.12 bits per heavy atom. The van der Waals surface area contributed by atoms with Gasteiger partial charge in [-0.2, -0.15) is 23.4 Å². The minimum Gasteiger partial charge on any atom is -0.166 e. The number of alkyl halides is 3. The molecule has 0 spiro atoms. The summed E-state index contributed by atoms with van der Waals surface area (Å²) in [7, 11) is 0. The molecule has 0 radical (unpaired) electrons. The smallest absolute Gasteiger partial charge is 0.166 e. The second-order valence-corrected chi connectivity index (χ2v) is 5.32. The van der Waals surface area contributed by atoms with Crippen molar-refractivity contribution in [1.82, 2.24) is 0 Å². The van der Waals surface area contributed by atoms with E-state index in [9.17, 15) is 13.2 Å². The van der Waals surface area contributed by atoms with Crippen LogP contribution in [0.3, 0.4) is 0 Å². The fraction of sp³-hybridized carbons (Fsp3) is 0.294. The van der Waals surface area contributed by atoms with Gasteiger partial charge in [0.25, 0.3) is 0 Å². The van der Waals surface area contributed by atoms with Crippen molar-refractivity contribution in [1.29, 1.82) is 0 Å². The van der Waals surface area contributed by atoms with E-state index in [0.717, 1.165) is 0 Å². The predicted molar refractivity (Wildman–Crippen MR) is 84.4 cm³/mol. The Bertz CT molecular complexity index is 727. The van der Waals surface area contributed by atoms with Gasteiger partial charge in [0, 0.05) is 11.1 Å². The molecule has 0 bridgehead atoms. The maximum atomic E-state index is 12.4. The number of benzene rings is 2. The Hall–Kier alpha value is -2.57. The van der Waals surface area contributed by atoms with Gasteiger partial charge >= 0.3 is 11.8 Å². The van der Waals surface area contributed by atoms with Crippen LogP contribution in [0.5, 0.6) is 0 Å². The van der Waals surface area contributed by atoms with Crippen molar-refractivity contribution < 1.29 is 13.2 Å². The number of halogens is 3. The second kappa shape index (κ2) is 6.14. The first kappa shape index (κ1) is 17.8. The summed E-state index contributed by atoms with van der Waals surface area (Å²) in [6, 6.07) is 17.5. The van der Waals surface area contributed by atoms with Gasteiger partial charge in [-0.1, -0.05) is 68.1 Å². The lowest BCUT2D eigenvalue weighted by molar-refractivity contribution is -0.166. The predicted octanol–water partition coefficient (Wildman–Crippen LogP) is 5.83. The lowest BCUT2D eigenvalue weighted by atomic mass is 10.0. The number of hydrogen-bond donors (Lipinski definition) is 0. The van der Waals surface area contributed by atoms with Crippen LogP contribution in [0.4, 0.5) is 13.2 Å². The van der Waals surface area contributed by atoms with Crippen molar-refractivity contribution in [2.45, 2.75) is 31.9 Å². The summed E-state index contributed by atoms with van der Waals surface area (Å²) in [5.74, 6) is 0. The fourth-order valence-corrected chi connectivity index (χ4v) is 2.06. The van der Waals surface area contributed by atoms with Crippen LogP contribution < -0.4 is 0 Å². The standard InChI is InChI=1S/C8H5F3N2.C8H8N2.CH4/c9-8(10,11)7(12-13-7)6-4-2-1-3-5-6;1-8(9-10-8)7-5-3-2-4-6-7;/h1-5H;2-6H,1H3;1H4. The molecule has 0 N–H and O–H groups in total. The zero-order chi connectivity index (χ0) is 16.6. The zero-order valence-corrected chi connectivity index (χ0v) is 12.2. The van der Waals surface area contributed by atoms with Crippen LogP contribution in [0.2, 0.25) is 0 Å². The van der Waals surface area contributed by atoms with E-state index in [1.807, 2.05) is 37.3 Å². The van der Waals surface area contributed by atoms with Crippen LogP contribution in [0.1, 0.15) is 25.5 Å². The highest BCUT2D eigenvalue weighted by Gasteiger charge is 2.65. The molecule has 0 atom stereocenters. The topological polar surface area (TPSA) is 49.4 Å². The second-order valence-electron chi connectivity index (χ2n) is 5.32. The van der Waals surface area contributed by atoms with Crippen LogP contribution in [0, 0.1) is 0 Å². The molecule has 7 heteroatoms.